The van der Waals surface area contributed by atoms with Crippen LogP contribution >= 0.6 is 12.4 Å². The van der Waals surface area contributed by atoms with E-state index in [4.69, 9.17) is 0 Å². The van der Waals surface area contributed by atoms with Crippen LogP contribution in [0.5, 0.6) is 0 Å². The van der Waals surface area contributed by atoms with Gasteiger partial charge in [-0.05, 0) is 43.0 Å². The standard InChI is InChI=1S/C14H17N3.ClH/c1-2-14(10-15-6-1)17-13-4-3-12-9-16-7-5-11(12)8-13;/h3-5,7-9,14-15,17H,1-2,6,10H2;1H/t14-;/m1./s1. The number of benzene rings is 1. The van der Waals surface area contributed by atoms with Crippen LogP contribution in [0.25, 0.3) is 10.8 Å². The van der Waals surface area contributed by atoms with Crippen LogP contribution in [0.1, 0.15) is 12.8 Å². The van der Waals surface area contributed by atoms with Crippen molar-refractivity contribution in [3.63, 3.8) is 0 Å². The molecule has 0 unspecified atom stereocenters. The number of fused-ring (bicyclic) bond motifs is 1. The zero-order valence-electron chi connectivity index (χ0n) is 10.2. The third-order valence-electron chi connectivity index (χ3n) is 3.31. The van der Waals surface area contributed by atoms with Crippen molar-refractivity contribution in [3.8, 4) is 0 Å². The van der Waals surface area contributed by atoms with Crippen LogP contribution in [0.15, 0.2) is 36.7 Å². The summed E-state index contributed by atoms with van der Waals surface area (Å²) < 4.78 is 0. The molecule has 0 spiro atoms. The minimum Gasteiger partial charge on any atom is -0.381 e. The molecule has 0 radical (unpaired) electrons. The van der Waals surface area contributed by atoms with E-state index in [0.29, 0.717) is 6.04 Å². The maximum atomic E-state index is 4.13. The fourth-order valence-electron chi connectivity index (χ4n) is 2.38. The number of halogens is 1. The van der Waals surface area contributed by atoms with Crippen LogP contribution in [0.2, 0.25) is 0 Å². The van der Waals surface area contributed by atoms with Crippen LogP contribution in [0.4, 0.5) is 5.69 Å². The van der Waals surface area contributed by atoms with Crippen LogP contribution in [0.3, 0.4) is 0 Å². The minimum atomic E-state index is 0. The van der Waals surface area contributed by atoms with Gasteiger partial charge in [0.2, 0.25) is 0 Å². The summed E-state index contributed by atoms with van der Waals surface area (Å²) >= 11 is 0. The van der Waals surface area contributed by atoms with Crippen LogP contribution in [0, 0.1) is 0 Å². The number of pyridine rings is 1. The lowest BCUT2D eigenvalue weighted by atomic mass is 10.1. The Morgan fingerprint density at radius 1 is 1.22 bits per heavy atom. The number of piperidine rings is 1. The smallest absolute Gasteiger partial charge is 0.0386 e. The number of hydrogen-bond acceptors (Lipinski definition) is 3. The topological polar surface area (TPSA) is 37.0 Å². The van der Waals surface area contributed by atoms with E-state index in [1.165, 1.54) is 29.3 Å². The van der Waals surface area contributed by atoms with Crippen LogP contribution in [-0.4, -0.2) is 24.1 Å². The highest BCUT2D eigenvalue weighted by atomic mass is 35.5. The molecule has 3 rings (SSSR count). The third-order valence-corrected chi connectivity index (χ3v) is 3.31. The predicted molar refractivity (Wildman–Crippen MR) is 78.5 cm³/mol. The highest BCUT2D eigenvalue weighted by Crippen LogP contribution is 2.19. The quantitative estimate of drug-likeness (QED) is 0.875. The minimum absolute atomic E-state index is 0. The Bertz CT molecular complexity index is 509. The van der Waals surface area contributed by atoms with E-state index in [-0.39, 0.29) is 12.4 Å². The molecule has 1 saturated heterocycles. The lowest BCUT2D eigenvalue weighted by Gasteiger charge is -2.24. The molecule has 1 aromatic carbocycles. The molecule has 1 aliphatic rings. The zero-order chi connectivity index (χ0) is 11.5. The summed E-state index contributed by atoms with van der Waals surface area (Å²) in [5, 5.41) is 9.45. The van der Waals surface area contributed by atoms with Gasteiger partial charge in [0.15, 0.2) is 0 Å². The summed E-state index contributed by atoms with van der Waals surface area (Å²) in [5.74, 6) is 0. The van der Waals surface area contributed by atoms with Crippen molar-refractivity contribution in [1.82, 2.24) is 10.3 Å². The van der Waals surface area contributed by atoms with Crippen LogP contribution in [-0.2, 0) is 0 Å². The van der Waals surface area contributed by atoms with Gasteiger partial charge in [0.1, 0.15) is 0 Å². The fraction of sp³-hybridized carbons (Fsp3) is 0.357. The van der Waals surface area contributed by atoms with Gasteiger partial charge in [-0.15, -0.1) is 12.4 Å². The van der Waals surface area contributed by atoms with Crippen molar-refractivity contribution in [3.05, 3.63) is 36.7 Å². The van der Waals surface area contributed by atoms with Gasteiger partial charge in [-0.3, -0.25) is 4.98 Å². The van der Waals surface area contributed by atoms with E-state index in [2.05, 4.69) is 39.9 Å². The normalized spacial score (nSPS) is 19.2. The molecule has 0 amide bonds. The molecule has 0 aliphatic carbocycles. The van der Waals surface area contributed by atoms with Gasteiger partial charge < -0.3 is 10.6 Å². The summed E-state index contributed by atoms with van der Waals surface area (Å²) in [6, 6.07) is 9.08. The average molecular weight is 264 g/mol. The third kappa shape index (κ3) is 2.92. The number of rotatable bonds is 2. The Labute approximate surface area is 113 Å². The van der Waals surface area contributed by atoms with E-state index >= 15 is 0 Å². The molecule has 96 valence electrons. The summed E-state index contributed by atoms with van der Waals surface area (Å²) in [5.41, 5.74) is 1.21. The molecular formula is C14H18ClN3. The molecule has 0 bridgehead atoms. The Hall–Kier alpha value is -1.32. The molecule has 2 N–H and O–H groups in total. The predicted octanol–water partition coefficient (Wildman–Crippen LogP) is 2.82. The zero-order valence-corrected chi connectivity index (χ0v) is 11.0. The number of aromatic nitrogens is 1. The van der Waals surface area contributed by atoms with Gasteiger partial charge in [0.05, 0.1) is 0 Å². The number of anilines is 1. The fourth-order valence-corrected chi connectivity index (χ4v) is 2.38. The Morgan fingerprint density at radius 2 is 2.17 bits per heavy atom. The Kier molecular flexibility index (Phi) is 4.39. The van der Waals surface area contributed by atoms with Gasteiger partial charge in [0.25, 0.3) is 0 Å². The second kappa shape index (κ2) is 6.03. The molecule has 1 atom stereocenters. The number of nitrogens with zero attached hydrogens (tertiary/aromatic N) is 1. The van der Waals surface area contributed by atoms with E-state index in [9.17, 15) is 0 Å². The van der Waals surface area contributed by atoms with Crippen molar-refractivity contribution >= 4 is 28.9 Å². The SMILES string of the molecule is Cl.c1cc2cc(N[C@@H]3CCCNC3)ccc2cn1. The molecule has 1 aliphatic heterocycles. The van der Waals surface area contributed by atoms with Gasteiger partial charge in [-0.25, -0.2) is 0 Å². The summed E-state index contributed by atoms with van der Waals surface area (Å²) in [6.07, 6.45) is 6.26. The van der Waals surface area contributed by atoms with Crippen LogP contribution < -0.4 is 10.6 Å². The largest absolute Gasteiger partial charge is 0.381 e. The van der Waals surface area contributed by atoms with Crippen molar-refractivity contribution < 1.29 is 0 Å². The monoisotopic (exact) mass is 263 g/mol. The molecule has 18 heavy (non-hydrogen) atoms. The highest BCUT2D eigenvalue weighted by Gasteiger charge is 2.12. The lowest BCUT2D eigenvalue weighted by molar-refractivity contribution is 0.480. The van der Waals surface area contributed by atoms with Crippen molar-refractivity contribution in [2.75, 3.05) is 18.4 Å². The lowest BCUT2D eigenvalue weighted by Crippen LogP contribution is -2.38. The van der Waals surface area contributed by atoms with Crippen molar-refractivity contribution in [1.29, 1.82) is 0 Å². The van der Waals surface area contributed by atoms with Gasteiger partial charge in [-0.1, -0.05) is 6.07 Å². The first-order valence-electron chi connectivity index (χ1n) is 6.23. The molecular weight excluding hydrogens is 246 g/mol. The summed E-state index contributed by atoms with van der Waals surface area (Å²) in [6.45, 7) is 2.22. The highest BCUT2D eigenvalue weighted by molar-refractivity contribution is 5.85. The van der Waals surface area contributed by atoms with Gasteiger partial charge in [0, 0.05) is 36.1 Å². The van der Waals surface area contributed by atoms with Crippen molar-refractivity contribution in [2.45, 2.75) is 18.9 Å². The Morgan fingerprint density at radius 3 is 3.00 bits per heavy atom. The van der Waals surface area contributed by atoms with Crippen molar-refractivity contribution in [2.24, 2.45) is 0 Å². The number of nitrogens with one attached hydrogen (secondary N) is 2. The first-order chi connectivity index (χ1) is 8.42. The first-order valence-corrected chi connectivity index (χ1v) is 6.23. The molecule has 1 aromatic heterocycles. The molecule has 4 heteroatoms. The van der Waals surface area contributed by atoms with E-state index in [1.54, 1.807) is 0 Å². The first kappa shape index (κ1) is 13.1. The maximum absolute atomic E-state index is 4.13. The number of hydrogen-bond donors (Lipinski definition) is 2. The van der Waals surface area contributed by atoms with Gasteiger partial charge in [-0.2, -0.15) is 0 Å². The second-order valence-corrected chi connectivity index (χ2v) is 4.63. The van der Waals surface area contributed by atoms with E-state index in [0.717, 1.165) is 13.1 Å². The second-order valence-electron chi connectivity index (χ2n) is 4.63. The Balaban J connectivity index is 0.00000120. The average Bonchev–Trinajstić information content (AvgIpc) is 2.40. The molecule has 2 heterocycles. The maximum Gasteiger partial charge on any atom is 0.0386 e. The van der Waals surface area contributed by atoms with E-state index < -0.39 is 0 Å². The summed E-state index contributed by atoms with van der Waals surface area (Å²) in [7, 11) is 0. The van der Waals surface area contributed by atoms with Gasteiger partial charge >= 0.3 is 0 Å². The molecule has 3 nitrogen and oxygen atoms in total. The molecule has 1 fully saturated rings. The van der Waals surface area contributed by atoms with E-state index in [1.807, 2.05) is 12.4 Å². The molecule has 2 aromatic rings. The summed E-state index contributed by atoms with van der Waals surface area (Å²) in [4.78, 5) is 4.13. The molecule has 0 saturated carbocycles.